The van der Waals surface area contributed by atoms with Gasteiger partial charge in [-0.3, -0.25) is 0 Å². The van der Waals surface area contributed by atoms with Gasteiger partial charge in [0.2, 0.25) is 0 Å². The van der Waals surface area contributed by atoms with Gasteiger partial charge in [-0.25, -0.2) is 0 Å². The zero-order valence-corrected chi connectivity index (χ0v) is 12.1. The molecule has 2 heterocycles. The Balaban J connectivity index is 1.40. The van der Waals surface area contributed by atoms with Crippen LogP contribution in [0.25, 0.3) is 0 Å². The first-order valence-electron chi connectivity index (χ1n) is 7.56. The minimum Gasteiger partial charge on any atom is -0.467 e. The monoisotopic (exact) mass is 282 g/mol. The third-order valence-electron chi connectivity index (χ3n) is 3.54. The van der Waals surface area contributed by atoms with E-state index in [1.807, 2.05) is 12.1 Å². The molecule has 5 nitrogen and oxygen atoms in total. The number of nitrogens with zero attached hydrogens (tertiary/aromatic N) is 1. The van der Waals surface area contributed by atoms with E-state index in [1.165, 1.54) is 25.9 Å². The molecule has 20 heavy (non-hydrogen) atoms. The van der Waals surface area contributed by atoms with Crippen LogP contribution in [0.1, 0.15) is 25.0 Å². The fourth-order valence-electron chi connectivity index (χ4n) is 2.45. The number of furan rings is 1. The molecular weight excluding hydrogens is 256 g/mol. The summed E-state index contributed by atoms with van der Waals surface area (Å²) in [6, 6.07) is 3.69. The first-order chi connectivity index (χ1) is 9.84. The molecule has 1 aliphatic heterocycles. The van der Waals surface area contributed by atoms with Gasteiger partial charge in [0.05, 0.1) is 19.0 Å². The Morgan fingerprint density at radius 2 is 2.25 bits per heavy atom. The van der Waals surface area contributed by atoms with Crippen molar-refractivity contribution >= 4 is 0 Å². The molecular formula is C15H26N2O3. The molecule has 1 unspecified atom stereocenters. The lowest BCUT2D eigenvalue weighted by Crippen LogP contribution is -2.32. The van der Waals surface area contributed by atoms with E-state index in [2.05, 4.69) is 10.2 Å². The van der Waals surface area contributed by atoms with Gasteiger partial charge in [-0.05, 0) is 57.6 Å². The lowest BCUT2D eigenvalue weighted by Gasteiger charge is -2.15. The fraction of sp³-hybridized carbons (Fsp3) is 0.733. The molecule has 1 atom stereocenters. The number of ether oxygens (including phenoxy) is 1. The van der Waals surface area contributed by atoms with E-state index in [9.17, 15) is 5.11 Å². The van der Waals surface area contributed by atoms with Gasteiger partial charge in [0.15, 0.2) is 0 Å². The summed E-state index contributed by atoms with van der Waals surface area (Å²) < 4.78 is 10.5. The predicted molar refractivity (Wildman–Crippen MR) is 77.5 cm³/mol. The summed E-state index contributed by atoms with van der Waals surface area (Å²) >= 11 is 0. The van der Waals surface area contributed by atoms with Crippen LogP contribution < -0.4 is 5.32 Å². The highest BCUT2D eigenvalue weighted by molar-refractivity contribution is 4.96. The van der Waals surface area contributed by atoms with Crippen molar-refractivity contribution in [2.24, 2.45) is 0 Å². The van der Waals surface area contributed by atoms with E-state index in [4.69, 9.17) is 9.15 Å². The smallest absolute Gasteiger partial charge is 0.129 e. The SMILES string of the molecule is OC(CNCCCN1CCCC1)COCc1ccco1. The number of likely N-dealkylation sites (tertiary alicyclic amines) is 1. The summed E-state index contributed by atoms with van der Waals surface area (Å²) in [5, 5.41) is 13.0. The zero-order valence-electron chi connectivity index (χ0n) is 12.1. The quantitative estimate of drug-likeness (QED) is 0.632. The Morgan fingerprint density at radius 1 is 1.40 bits per heavy atom. The largest absolute Gasteiger partial charge is 0.467 e. The van der Waals surface area contributed by atoms with E-state index in [1.54, 1.807) is 6.26 Å². The molecule has 2 rings (SSSR count). The molecule has 0 amide bonds. The second kappa shape index (κ2) is 9.13. The van der Waals surface area contributed by atoms with Crippen LogP contribution in [-0.2, 0) is 11.3 Å². The zero-order chi connectivity index (χ0) is 14.0. The van der Waals surface area contributed by atoms with Crippen molar-refractivity contribution in [1.29, 1.82) is 0 Å². The number of hydrogen-bond acceptors (Lipinski definition) is 5. The Kier molecular flexibility index (Phi) is 7.08. The van der Waals surface area contributed by atoms with Crippen LogP contribution in [0.15, 0.2) is 22.8 Å². The Labute approximate surface area is 120 Å². The van der Waals surface area contributed by atoms with Crippen molar-refractivity contribution < 1.29 is 14.3 Å². The summed E-state index contributed by atoms with van der Waals surface area (Å²) in [6.45, 7) is 5.95. The first-order valence-corrected chi connectivity index (χ1v) is 7.56. The summed E-state index contributed by atoms with van der Waals surface area (Å²) in [6.07, 6.45) is 4.99. The summed E-state index contributed by atoms with van der Waals surface area (Å²) in [5.74, 6) is 0.788. The van der Waals surface area contributed by atoms with Crippen LogP contribution >= 0.6 is 0 Å². The van der Waals surface area contributed by atoms with Gasteiger partial charge in [0.25, 0.3) is 0 Å². The van der Waals surface area contributed by atoms with E-state index < -0.39 is 6.10 Å². The van der Waals surface area contributed by atoms with Gasteiger partial charge in [0, 0.05) is 6.54 Å². The van der Waals surface area contributed by atoms with Gasteiger partial charge in [-0.1, -0.05) is 0 Å². The van der Waals surface area contributed by atoms with Crippen molar-refractivity contribution in [1.82, 2.24) is 10.2 Å². The van der Waals surface area contributed by atoms with Crippen LogP contribution in [0, 0.1) is 0 Å². The Bertz CT molecular complexity index is 337. The average molecular weight is 282 g/mol. The minimum absolute atomic E-state index is 0.333. The highest BCUT2D eigenvalue weighted by Gasteiger charge is 2.10. The van der Waals surface area contributed by atoms with Crippen LogP contribution in [-0.4, -0.2) is 55.4 Å². The summed E-state index contributed by atoms with van der Waals surface area (Å²) in [4.78, 5) is 2.50. The normalized spacial score (nSPS) is 17.6. The maximum absolute atomic E-state index is 9.76. The summed E-state index contributed by atoms with van der Waals surface area (Å²) in [5.41, 5.74) is 0. The second-order valence-corrected chi connectivity index (χ2v) is 5.35. The van der Waals surface area contributed by atoms with Crippen LogP contribution in [0.4, 0.5) is 0 Å². The van der Waals surface area contributed by atoms with Gasteiger partial charge in [0.1, 0.15) is 12.4 Å². The van der Waals surface area contributed by atoms with Gasteiger partial charge in [-0.2, -0.15) is 0 Å². The van der Waals surface area contributed by atoms with Gasteiger partial charge < -0.3 is 24.5 Å². The number of hydrogen-bond donors (Lipinski definition) is 2. The van der Waals surface area contributed by atoms with E-state index in [0.717, 1.165) is 25.3 Å². The number of nitrogens with one attached hydrogen (secondary N) is 1. The average Bonchev–Trinajstić information content (AvgIpc) is 3.11. The van der Waals surface area contributed by atoms with E-state index in [0.29, 0.717) is 19.8 Å². The van der Waals surface area contributed by atoms with Crippen molar-refractivity contribution in [2.45, 2.75) is 32.0 Å². The maximum atomic E-state index is 9.76. The topological polar surface area (TPSA) is 57.9 Å². The van der Waals surface area contributed by atoms with Crippen LogP contribution in [0.2, 0.25) is 0 Å². The van der Waals surface area contributed by atoms with Crippen molar-refractivity contribution in [3.8, 4) is 0 Å². The fourth-order valence-corrected chi connectivity index (χ4v) is 2.45. The lowest BCUT2D eigenvalue weighted by atomic mass is 10.3. The molecule has 1 saturated heterocycles. The van der Waals surface area contributed by atoms with Crippen molar-refractivity contribution in [3.63, 3.8) is 0 Å². The van der Waals surface area contributed by atoms with Crippen LogP contribution in [0.3, 0.4) is 0 Å². The molecule has 1 fully saturated rings. The highest BCUT2D eigenvalue weighted by atomic mass is 16.5. The molecule has 0 bridgehead atoms. The van der Waals surface area contributed by atoms with Gasteiger partial charge in [-0.15, -0.1) is 0 Å². The van der Waals surface area contributed by atoms with Crippen LogP contribution in [0.5, 0.6) is 0 Å². The molecule has 0 radical (unpaired) electrons. The Morgan fingerprint density at radius 3 is 3.00 bits per heavy atom. The molecule has 0 spiro atoms. The summed E-state index contributed by atoms with van der Waals surface area (Å²) in [7, 11) is 0. The predicted octanol–water partition coefficient (Wildman–Crippen LogP) is 1.23. The standard InChI is InChI=1S/C15H26N2O3/c18-14(12-19-13-15-5-3-10-20-15)11-16-6-4-9-17-7-1-2-8-17/h3,5,10,14,16,18H,1-2,4,6-9,11-13H2. The molecule has 0 saturated carbocycles. The van der Waals surface area contributed by atoms with E-state index >= 15 is 0 Å². The number of rotatable bonds is 10. The molecule has 114 valence electrons. The Hall–Kier alpha value is -0.880. The molecule has 1 aromatic heterocycles. The third-order valence-corrected chi connectivity index (χ3v) is 3.54. The highest BCUT2D eigenvalue weighted by Crippen LogP contribution is 2.06. The third kappa shape index (κ3) is 6.05. The van der Waals surface area contributed by atoms with Gasteiger partial charge >= 0.3 is 0 Å². The lowest BCUT2D eigenvalue weighted by molar-refractivity contribution is 0.0227. The molecule has 0 aromatic carbocycles. The molecule has 5 heteroatoms. The molecule has 1 aliphatic rings. The van der Waals surface area contributed by atoms with Crippen molar-refractivity contribution in [3.05, 3.63) is 24.2 Å². The maximum Gasteiger partial charge on any atom is 0.129 e. The first kappa shape index (κ1) is 15.5. The number of aliphatic hydroxyl groups excluding tert-OH is 1. The number of aliphatic hydroxyl groups is 1. The second-order valence-electron chi connectivity index (χ2n) is 5.35. The van der Waals surface area contributed by atoms with Crippen molar-refractivity contribution in [2.75, 3.05) is 39.3 Å². The molecule has 2 N–H and O–H groups in total. The van der Waals surface area contributed by atoms with E-state index in [-0.39, 0.29) is 0 Å². The minimum atomic E-state index is -0.461. The molecule has 0 aliphatic carbocycles. The molecule has 1 aromatic rings.